The summed E-state index contributed by atoms with van der Waals surface area (Å²) in [5, 5.41) is 5.92. The average Bonchev–Trinajstić information content (AvgIpc) is 3.23. The fraction of sp³-hybridized carbons (Fsp3) is 0.400. The maximum atomic E-state index is 5.68. The van der Waals surface area contributed by atoms with Crippen LogP contribution >= 0.6 is 23.6 Å². The van der Waals surface area contributed by atoms with Gasteiger partial charge in [-0.15, -0.1) is 16.4 Å². The minimum Gasteiger partial charge on any atom is -0.284 e. The molecule has 1 fully saturated rings. The number of piperidine rings is 1. The Labute approximate surface area is 172 Å². The number of nitrogens with zero attached hydrogens (tertiary/aromatic N) is 6. The van der Waals surface area contributed by atoms with Crippen LogP contribution in [-0.4, -0.2) is 42.1 Å². The van der Waals surface area contributed by atoms with Crippen LogP contribution in [0.15, 0.2) is 30.3 Å². The molecule has 1 saturated heterocycles. The molecule has 1 atom stereocenters. The van der Waals surface area contributed by atoms with Crippen molar-refractivity contribution in [3.8, 4) is 0 Å². The van der Waals surface area contributed by atoms with Crippen LogP contribution in [0.3, 0.4) is 0 Å². The van der Waals surface area contributed by atoms with E-state index in [1.165, 1.54) is 16.1 Å². The second-order valence-electron chi connectivity index (χ2n) is 7.53. The zero-order chi connectivity index (χ0) is 19.3. The molecule has 1 aliphatic rings. The summed E-state index contributed by atoms with van der Waals surface area (Å²) in [6.45, 7) is 6.78. The van der Waals surface area contributed by atoms with Crippen LogP contribution in [0.1, 0.15) is 35.2 Å². The first kappa shape index (κ1) is 17.9. The summed E-state index contributed by atoms with van der Waals surface area (Å²) in [5.41, 5.74) is 3.15. The van der Waals surface area contributed by atoms with Gasteiger partial charge in [0.15, 0.2) is 0 Å². The molecule has 6 nitrogen and oxygen atoms in total. The third-order valence-electron chi connectivity index (χ3n) is 5.37. The molecule has 0 aliphatic carbocycles. The van der Waals surface area contributed by atoms with Crippen LogP contribution in [0.2, 0.25) is 0 Å². The van der Waals surface area contributed by atoms with E-state index in [2.05, 4.69) is 39.2 Å². The SMILES string of the molecule is Cc1cc(C)n2c(=S)n(CN3CCC[C@H](c4nc5ccccc5s4)C3)nc2n1. The van der Waals surface area contributed by atoms with Crippen molar-refractivity contribution in [2.24, 2.45) is 0 Å². The molecule has 28 heavy (non-hydrogen) atoms. The first-order valence-corrected chi connectivity index (χ1v) is 10.8. The van der Waals surface area contributed by atoms with Crippen molar-refractivity contribution in [2.75, 3.05) is 13.1 Å². The third-order valence-corrected chi connectivity index (χ3v) is 6.96. The second kappa shape index (κ2) is 7.02. The van der Waals surface area contributed by atoms with E-state index in [1.807, 2.05) is 40.3 Å². The number of rotatable bonds is 3. The van der Waals surface area contributed by atoms with E-state index in [1.54, 1.807) is 0 Å². The smallest absolute Gasteiger partial charge is 0.254 e. The van der Waals surface area contributed by atoms with E-state index in [0.717, 1.165) is 36.4 Å². The van der Waals surface area contributed by atoms with E-state index in [-0.39, 0.29) is 0 Å². The zero-order valence-electron chi connectivity index (χ0n) is 16.0. The van der Waals surface area contributed by atoms with Gasteiger partial charge >= 0.3 is 0 Å². The van der Waals surface area contributed by atoms with E-state index >= 15 is 0 Å². The summed E-state index contributed by atoms with van der Waals surface area (Å²) in [6.07, 6.45) is 2.35. The number of thiazole rings is 1. The lowest BCUT2D eigenvalue weighted by Gasteiger charge is -2.31. The summed E-state index contributed by atoms with van der Waals surface area (Å²) in [4.78, 5) is 11.9. The van der Waals surface area contributed by atoms with Gasteiger partial charge in [0.05, 0.1) is 21.9 Å². The molecule has 0 amide bonds. The lowest BCUT2D eigenvalue weighted by molar-refractivity contribution is 0.156. The lowest BCUT2D eigenvalue weighted by atomic mass is 9.99. The number of hydrogen-bond acceptors (Lipinski definition) is 6. The number of hydrogen-bond donors (Lipinski definition) is 0. The molecule has 0 unspecified atom stereocenters. The van der Waals surface area contributed by atoms with Gasteiger partial charge in [0.25, 0.3) is 5.78 Å². The molecule has 8 heteroatoms. The molecule has 144 valence electrons. The van der Waals surface area contributed by atoms with Gasteiger partial charge in [-0.1, -0.05) is 12.1 Å². The van der Waals surface area contributed by atoms with Crippen molar-refractivity contribution in [1.29, 1.82) is 0 Å². The fourth-order valence-corrected chi connectivity index (χ4v) is 5.48. The predicted molar refractivity (Wildman–Crippen MR) is 114 cm³/mol. The first-order valence-electron chi connectivity index (χ1n) is 9.60. The van der Waals surface area contributed by atoms with Crippen LogP contribution in [0.4, 0.5) is 0 Å². The Balaban J connectivity index is 1.40. The van der Waals surface area contributed by atoms with Gasteiger partial charge in [-0.3, -0.25) is 9.30 Å². The van der Waals surface area contributed by atoms with Crippen LogP contribution in [0, 0.1) is 18.6 Å². The summed E-state index contributed by atoms with van der Waals surface area (Å²) in [6, 6.07) is 10.4. The number of para-hydroxylation sites is 1. The number of aryl methyl sites for hydroxylation is 2. The molecular weight excluding hydrogens is 388 g/mol. The molecule has 0 bridgehead atoms. The molecule has 1 aromatic carbocycles. The van der Waals surface area contributed by atoms with Crippen molar-refractivity contribution in [3.63, 3.8) is 0 Å². The van der Waals surface area contributed by atoms with Gasteiger partial charge in [-0.05, 0) is 63.7 Å². The first-order chi connectivity index (χ1) is 13.6. The van der Waals surface area contributed by atoms with Gasteiger partial charge in [0.1, 0.15) is 0 Å². The molecular formula is C20H22N6S2. The van der Waals surface area contributed by atoms with Crippen molar-refractivity contribution >= 4 is 39.5 Å². The molecule has 5 rings (SSSR count). The molecule has 0 spiro atoms. The van der Waals surface area contributed by atoms with Gasteiger partial charge in [-0.25, -0.2) is 14.6 Å². The minimum atomic E-state index is 0.472. The van der Waals surface area contributed by atoms with Gasteiger partial charge in [0.2, 0.25) is 4.77 Å². The van der Waals surface area contributed by atoms with Crippen LogP contribution in [0.5, 0.6) is 0 Å². The number of fused-ring (bicyclic) bond motifs is 2. The highest BCUT2D eigenvalue weighted by atomic mass is 32.1. The van der Waals surface area contributed by atoms with E-state index in [0.29, 0.717) is 23.1 Å². The molecule has 1 aliphatic heterocycles. The fourth-order valence-electron chi connectivity index (χ4n) is 4.07. The van der Waals surface area contributed by atoms with E-state index < -0.39 is 0 Å². The van der Waals surface area contributed by atoms with Crippen molar-refractivity contribution in [2.45, 2.75) is 39.3 Å². The monoisotopic (exact) mass is 410 g/mol. The Bertz CT molecular complexity index is 1190. The van der Waals surface area contributed by atoms with Gasteiger partial charge < -0.3 is 0 Å². The third kappa shape index (κ3) is 3.15. The quantitative estimate of drug-likeness (QED) is 0.471. The van der Waals surface area contributed by atoms with Crippen molar-refractivity contribution in [3.05, 3.63) is 51.5 Å². The number of likely N-dealkylation sites (tertiary alicyclic amines) is 1. The second-order valence-corrected chi connectivity index (χ2v) is 8.96. The van der Waals surface area contributed by atoms with Crippen molar-refractivity contribution < 1.29 is 0 Å². The molecule has 4 heterocycles. The molecule has 3 aromatic heterocycles. The summed E-state index contributed by atoms with van der Waals surface area (Å²) >= 11 is 7.51. The molecule has 0 radical (unpaired) electrons. The highest BCUT2D eigenvalue weighted by molar-refractivity contribution is 7.71. The van der Waals surface area contributed by atoms with E-state index in [9.17, 15) is 0 Å². The van der Waals surface area contributed by atoms with E-state index in [4.69, 9.17) is 17.2 Å². The predicted octanol–water partition coefficient (Wildman–Crippen LogP) is 4.32. The van der Waals surface area contributed by atoms with Crippen LogP contribution in [-0.2, 0) is 6.67 Å². The van der Waals surface area contributed by atoms with Crippen molar-refractivity contribution in [1.82, 2.24) is 29.0 Å². The summed E-state index contributed by atoms with van der Waals surface area (Å²) < 4.78 is 5.85. The Morgan fingerprint density at radius 3 is 2.93 bits per heavy atom. The lowest BCUT2D eigenvalue weighted by Crippen LogP contribution is -2.36. The molecule has 4 aromatic rings. The largest absolute Gasteiger partial charge is 0.284 e. The number of aromatic nitrogens is 5. The Morgan fingerprint density at radius 2 is 2.07 bits per heavy atom. The van der Waals surface area contributed by atoms with Crippen LogP contribution in [0.25, 0.3) is 16.0 Å². The molecule has 0 N–H and O–H groups in total. The Hall–Kier alpha value is -2.16. The number of benzene rings is 1. The highest BCUT2D eigenvalue weighted by Crippen LogP contribution is 2.33. The maximum absolute atomic E-state index is 5.68. The van der Waals surface area contributed by atoms with Gasteiger partial charge in [0, 0.05) is 23.9 Å². The van der Waals surface area contributed by atoms with Crippen LogP contribution < -0.4 is 0 Å². The maximum Gasteiger partial charge on any atom is 0.254 e. The highest BCUT2D eigenvalue weighted by Gasteiger charge is 2.25. The average molecular weight is 411 g/mol. The minimum absolute atomic E-state index is 0.472. The standard InChI is InChI=1S/C20H22N6S2/c1-13-10-14(2)26-19(21-13)23-25(20(26)27)12-24-9-5-6-15(11-24)18-22-16-7-3-4-8-17(16)28-18/h3-4,7-8,10,15H,5-6,9,11-12H2,1-2H3/t15-/m0/s1. The Morgan fingerprint density at radius 1 is 1.21 bits per heavy atom. The normalized spacial score (nSPS) is 18.3. The topological polar surface area (TPSA) is 51.2 Å². The zero-order valence-corrected chi connectivity index (χ0v) is 17.6. The molecule has 0 saturated carbocycles. The summed E-state index contributed by atoms with van der Waals surface area (Å²) in [5.74, 6) is 1.15. The Kier molecular flexibility index (Phi) is 4.49. The summed E-state index contributed by atoms with van der Waals surface area (Å²) in [7, 11) is 0. The van der Waals surface area contributed by atoms with Gasteiger partial charge in [-0.2, -0.15) is 0 Å².